The average molecular weight is 253 g/mol. The molecule has 3 nitrogen and oxygen atoms in total. The van der Waals surface area contributed by atoms with Gasteiger partial charge in [0.1, 0.15) is 11.5 Å². The van der Waals surface area contributed by atoms with Crippen LogP contribution in [-0.4, -0.2) is 10.8 Å². The zero-order valence-electron chi connectivity index (χ0n) is 9.96. The van der Waals surface area contributed by atoms with Gasteiger partial charge in [-0.05, 0) is 43.3 Å². The van der Waals surface area contributed by atoms with Gasteiger partial charge in [0.2, 0.25) is 0 Å². The van der Waals surface area contributed by atoms with E-state index in [0.717, 1.165) is 12.8 Å². The Bertz CT molecular complexity index is 432. The van der Waals surface area contributed by atoms with Crippen LogP contribution in [0.4, 0.5) is 10.1 Å². The van der Waals surface area contributed by atoms with Crippen LogP contribution in [0.1, 0.15) is 26.7 Å². The monoisotopic (exact) mass is 253 g/mol. The minimum Gasteiger partial charge on any atom is -0.342 e. The lowest BCUT2D eigenvalue weighted by Gasteiger charge is -2.27. The van der Waals surface area contributed by atoms with Gasteiger partial charge in [-0.2, -0.15) is 0 Å². The van der Waals surface area contributed by atoms with Gasteiger partial charge in [-0.25, -0.2) is 14.8 Å². The van der Waals surface area contributed by atoms with E-state index in [1.54, 1.807) is 11.1 Å². The summed E-state index contributed by atoms with van der Waals surface area (Å²) in [5, 5.41) is 5.57. The molecule has 1 saturated heterocycles. The van der Waals surface area contributed by atoms with Gasteiger partial charge in [0, 0.05) is 0 Å². The number of nitrogens with zero attached hydrogens (tertiary/aromatic N) is 1. The van der Waals surface area contributed by atoms with Crippen molar-refractivity contribution in [3.63, 3.8) is 0 Å². The highest BCUT2D eigenvalue weighted by atomic mass is 32.1. The molecule has 0 radical (unpaired) electrons. The maximum atomic E-state index is 13.2. The maximum Gasteiger partial charge on any atom is 0.189 e. The number of hydrogen-bond donors (Lipinski definition) is 2. The predicted molar refractivity (Wildman–Crippen MR) is 71.1 cm³/mol. The normalized spacial score (nSPS) is 18.3. The van der Waals surface area contributed by atoms with Gasteiger partial charge in [-0.3, -0.25) is 0 Å². The van der Waals surface area contributed by atoms with Crippen LogP contribution in [0.5, 0.6) is 0 Å². The Morgan fingerprint density at radius 1 is 1.35 bits per heavy atom. The number of hydrogen-bond acceptors (Lipinski definition) is 2. The van der Waals surface area contributed by atoms with E-state index in [4.69, 9.17) is 12.2 Å². The molecule has 0 atom stereocenters. The van der Waals surface area contributed by atoms with Crippen LogP contribution in [0.3, 0.4) is 0 Å². The molecule has 0 bridgehead atoms. The molecule has 1 heterocycles. The number of halogens is 1. The second kappa shape index (κ2) is 4.58. The molecule has 0 aliphatic carbocycles. The SMILES string of the molecule is CCC1(CC)NC(=S)N(c2cccc(F)c2)N1. The lowest BCUT2D eigenvalue weighted by Crippen LogP contribution is -2.50. The van der Waals surface area contributed by atoms with Crippen LogP contribution in [0.25, 0.3) is 0 Å². The molecule has 2 N–H and O–H groups in total. The van der Waals surface area contributed by atoms with Crippen molar-refractivity contribution in [1.29, 1.82) is 0 Å². The summed E-state index contributed by atoms with van der Waals surface area (Å²) in [5.41, 5.74) is 3.81. The summed E-state index contributed by atoms with van der Waals surface area (Å²) in [6.45, 7) is 4.17. The molecule has 0 saturated carbocycles. The van der Waals surface area contributed by atoms with Gasteiger partial charge in [0.25, 0.3) is 0 Å². The van der Waals surface area contributed by atoms with Gasteiger partial charge in [0.15, 0.2) is 5.11 Å². The van der Waals surface area contributed by atoms with Gasteiger partial charge in [-0.1, -0.05) is 19.9 Å². The number of nitrogens with one attached hydrogen (secondary N) is 2. The molecule has 0 spiro atoms. The van der Waals surface area contributed by atoms with E-state index >= 15 is 0 Å². The number of rotatable bonds is 3. The van der Waals surface area contributed by atoms with Gasteiger partial charge in [0.05, 0.1) is 5.69 Å². The molecule has 1 fully saturated rings. The highest BCUT2D eigenvalue weighted by molar-refractivity contribution is 7.80. The zero-order valence-corrected chi connectivity index (χ0v) is 10.8. The lowest BCUT2D eigenvalue weighted by molar-refractivity contribution is 0.315. The van der Waals surface area contributed by atoms with Crippen LogP contribution in [0.2, 0.25) is 0 Å². The number of hydrazine groups is 1. The average Bonchev–Trinajstić information content (AvgIpc) is 2.67. The topological polar surface area (TPSA) is 27.3 Å². The van der Waals surface area contributed by atoms with Crippen LogP contribution >= 0.6 is 12.2 Å². The Morgan fingerprint density at radius 3 is 2.59 bits per heavy atom. The number of thiocarbonyl (C=S) groups is 1. The van der Waals surface area contributed by atoms with Crippen molar-refractivity contribution >= 4 is 23.0 Å². The summed E-state index contributed by atoms with van der Waals surface area (Å²) in [6.07, 6.45) is 1.80. The van der Waals surface area contributed by atoms with E-state index in [1.807, 2.05) is 6.07 Å². The standard InChI is InChI=1S/C12H16FN3S/c1-3-12(4-2)14-11(17)16(15-12)10-7-5-6-9(13)8-10/h5-8,15H,3-4H2,1-2H3,(H,14,17). The van der Waals surface area contributed by atoms with Crippen molar-refractivity contribution in [2.45, 2.75) is 32.4 Å². The second-order valence-electron chi connectivity index (χ2n) is 4.15. The quantitative estimate of drug-likeness (QED) is 0.810. The molecule has 1 aromatic rings. The van der Waals surface area contributed by atoms with Crippen LogP contribution in [0.15, 0.2) is 24.3 Å². The molecule has 1 aliphatic heterocycles. The van der Waals surface area contributed by atoms with E-state index < -0.39 is 0 Å². The Labute approximate surface area is 106 Å². The molecule has 92 valence electrons. The minimum absolute atomic E-state index is 0.219. The fraction of sp³-hybridized carbons (Fsp3) is 0.417. The second-order valence-corrected chi connectivity index (χ2v) is 4.53. The molecule has 1 aliphatic rings. The van der Waals surface area contributed by atoms with E-state index in [1.165, 1.54) is 12.1 Å². The van der Waals surface area contributed by atoms with Crippen molar-refractivity contribution in [2.24, 2.45) is 0 Å². The molecular weight excluding hydrogens is 237 g/mol. The van der Waals surface area contributed by atoms with Crippen LogP contribution in [0, 0.1) is 5.82 Å². The fourth-order valence-electron chi connectivity index (χ4n) is 1.94. The molecule has 0 aromatic heterocycles. The largest absolute Gasteiger partial charge is 0.342 e. The summed E-state index contributed by atoms with van der Waals surface area (Å²) in [4.78, 5) is 0. The molecule has 2 rings (SSSR count). The Balaban J connectivity index is 2.27. The van der Waals surface area contributed by atoms with Gasteiger partial charge >= 0.3 is 0 Å². The van der Waals surface area contributed by atoms with Gasteiger partial charge in [-0.15, -0.1) is 0 Å². The first-order valence-corrected chi connectivity index (χ1v) is 6.16. The van der Waals surface area contributed by atoms with Crippen molar-refractivity contribution in [1.82, 2.24) is 10.7 Å². The predicted octanol–water partition coefficient (Wildman–Crippen LogP) is 2.54. The summed E-state index contributed by atoms with van der Waals surface area (Å²) in [7, 11) is 0. The van der Waals surface area contributed by atoms with E-state index in [0.29, 0.717) is 10.8 Å². The fourth-order valence-corrected chi connectivity index (χ4v) is 2.28. The molecular formula is C12H16FN3S. The number of anilines is 1. The van der Waals surface area contributed by atoms with Crippen molar-refractivity contribution in [3.8, 4) is 0 Å². The molecule has 0 unspecified atom stereocenters. The van der Waals surface area contributed by atoms with Crippen LogP contribution < -0.4 is 15.8 Å². The van der Waals surface area contributed by atoms with Gasteiger partial charge < -0.3 is 5.32 Å². The lowest BCUT2D eigenvalue weighted by atomic mass is 10.1. The summed E-state index contributed by atoms with van der Waals surface area (Å²) < 4.78 is 13.2. The maximum absolute atomic E-state index is 13.2. The van der Waals surface area contributed by atoms with E-state index in [-0.39, 0.29) is 11.5 Å². The summed E-state index contributed by atoms with van der Waals surface area (Å²) in [6, 6.07) is 6.38. The van der Waals surface area contributed by atoms with Crippen LogP contribution in [-0.2, 0) is 0 Å². The Hall–Kier alpha value is -1.20. The summed E-state index contributed by atoms with van der Waals surface area (Å²) >= 11 is 5.28. The number of benzene rings is 1. The Morgan fingerprint density at radius 2 is 2.06 bits per heavy atom. The Kier molecular flexibility index (Phi) is 3.31. The van der Waals surface area contributed by atoms with Crippen molar-refractivity contribution in [2.75, 3.05) is 5.01 Å². The molecule has 5 heteroatoms. The highest BCUT2D eigenvalue weighted by Crippen LogP contribution is 2.23. The highest BCUT2D eigenvalue weighted by Gasteiger charge is 2.37. The smallest absolute Gasteiger partial charge is 0.189 e. The first-order valence-electron chi connectivity index (χ1n) is 5.76. The van der Waals surface area contributed by atoms with E-state index in [2.05, 4.69) is 24.6 Å². The first-order chi connectivity index (χ1) is 8.10. The summed E-state index contributed by atoms with van der Waals surface area (Å²) in [5.74, 6) is -0.266. The third-order valence-corrected chi connectivity index (χ3v) is 3.43. The van der Waals surface area contributed by atoms with Crippen molar-refractivity contribution in [3.05, 3.63) is 30.1 Å². The zero-order chi connectivity index (χ0) is 12.5. The first kappa shape index (κ1) is 12.3. The van der Waals surface area contributed by atoms with Crippen molar-refractivity contribution < 1.29 is 4.39 Å². The molecule has 17 heavy (non-hydrogen) atoms. The van der Waals surface area contributed by atoms with E-state index in [9.17, 15) is 4.39 Å². The molecule has 0 amide bonds. The minimum atomic E-state index is -0.266. The third kappa shape index (κ3) is 2.25. The third-order valence-electron chi connectivity index (χ3n) is 3.15. The molecule has 1 aromatic carbocycles.